The van der Waals surface area contributed by atoms with Gasteiger partial charge in [-0.25, -0.2) is 0 Å². The summed E-state index contributed by atoms with van der Waals surface area (Å²) >= 11 is 3.83. The molecule has 0 saturated carbocycles. The van der Waals surface area contributed by atoms with Crippen molar-refractivity contribution in [3.05, 3.63) is 146 Å². The zero-order valence-corrected chi connectivity index (χ0v) is 24.3. The Kier molecular flexibility index (Phi) is 5.34. The van der Waals surface area contributed by atoms with Crippen molar-refractivity contribution in [1.29, 1.82) is 0 Å². The largest absolute Gasteiger partial charge is 0.135 e. The lowest BCUT2D eigenvalue weighted by molar-refractivity contribution is 1.66. The van der Waals surface area contributed by atoms with Crippen LogP contribution in [-0.4, -0.2) is 0 Å². The van der Waals surface area contributed by atoms with E-state index in [4.69, 9.17) is 0 Å². The number of benzene rings is 7. The minimum absolute atomic E-state index is 1.25. The highest BCUT2D eigenvalue weighted by Crippen LogP contribution is 2.52. The predicted octanol–water partition coefficient (Wildman–Crippen LogP) is 12.6. The molecule has 0 saturated heterocycles. The first-order valence-electron chi connectivity index (χ1n) is 14.3. The summed E-state index contributed by atoms with van der Waals surface area (Å²) in [6, 6.07) is 53.4. The number of hydrogen-bond donors (Lipinski definition) is 0. The molecular formula is C40H24S2. The molecule has 9 rings (SSSR count). The van der Waals surface area contributed by atoms with Crippen LogP contribution in [-0.2, 0) is 0 Å². The molecule has 0 nitrogen and oxygen atoms in total. The van der Waals surface area contributed by atoms with Crippen molar-refractivity contribution >= 4 is 74.5 Å². The van der Waals surface area contributed by atoms with Crippen molar-refractivity contribution in [2.45, 2.75) is 0 Å². The van der Waals surface area contributed by atoms with Crippen LogP contribution in [0.15, 0.2) is 146 Å². The van der Waals surface area contributed by atoms with Crippen molar-refractivity contribution in [3.8, 4) is 32.7 Å². The molecule has 9 aromatic rings. The maximum atomic E-state index is 2.44. The lowest BCUT2D eigenvalue weighted by atomic mass is 9.86. The number of hydrogen-bond acceptors (Lipinski definition) is 2. The third kappa shape index (κ3) is 3.53. The van der Waals surface area contributed by atoms with Gasteiger partial charge < -0.3 is 0 Å². The Balaban J connectivity index is 1.46. The van der Waals surface area contributed by atoms with E-state index in [9.17, 15) is 0 Å². The van der Waals surface area contributed by atoms with E-state index in [-0.39, 0.29) is 0 Å². The van der Waals surface area contributed by atoms with Crippen LogP contribution in [0.2, 0.25) is 0 Å². The van der Waals surface area contributed by atoms with Crippen LogP contribution >= 0.6 is 22.7 Å². The van der Waals surface area contributed by atoms with Crippen molar-refractivity contribution in [3.63, 3.8) is 0 Å². The van der Waals surface area contributed by atoms with Gasteiger partial charge in [-0.3, -0.25) is 0 Å². The van der Waals surface area contributed by atoms with E-state index in [0.29, 0.717) is 0 Å². The molecule has 0 radical (unpaired) electrons. The van der Waals surface area contributed by atoms with Crippen LogP contribution in [0.4, 0.5) is 0 Å². The first-order valence-corrected chi connectivity index (χ1v) is 15.9. The standard InChI is InChI=1S/C40H24S2/c1-3-13-25(14-4-1)37-28-18-7-9-20-30(28)39(31-21-10-8-19-29(31)37)40-38(26-15-5-2-6-16-26)33-24-35-32(23-36(33)42-40)27-17-11-12-22-34(27)41-35/h1-24H. The molecule has 0 aliphatic rings. The lowest BCUT2D eigenvalue weighted by Crippen LogP contribution is -1.90. The topological polar surface area (TPSA) is 0 Å². The molecule has 7 aromatic carbocycles. The molecule has 0 aliphatic heterocycles. The maximum Gasteiger partial charge on any atom is 0.0446 e. The normalized spacial score (nSPS) is 11.8. The molecular weight excluding hydrogens is 545 g/mol. The summed E-state index contributed by atoms with van der Waals surface area (Å²) in [5, 5.41) is 9.21. The van der Waals surface area contributed by atoms with Gasteiger partial charge in [-0.1, -0.05) is 127 Å². The Morgan fingerprint density at radius 1 is 0.286 bits per heavy atom. The minimum Gasteiger partial charge on any atom is -0.135 e. The van der Waals surface area contributed by atoms with Gasteiger partial charge in [0.05, 0.1) is 0 Å². The Morgan fingerprint density at radius 2 is 0.738 bits per heavy atom. The van der Waals surface area contributed by atoms with Gasteiger partial charge in [0.25, 0.3) is 0 Å². The molecule has 0 atom stereocenters. The summed E-state index contributed by atoms with van der Waals surface area (Å²) < 4.78 is 4.03. The highest BCUT2D eigenvalue weighted by Gasteiger charge is 2.23. The molecule has 0 N–H and O–H groups in total. The number of thiophene rings is 2. The van der Waals surface area contributed by atoms with Crippen LogP contribution < -0.4 is 0 Å². The molecule has 42 heavy (non-hydrogen) atoms. The number of rotatable bonds is 3. The van der Waals surface area contributed by atoms with Gasteiger partial charge in [0.2, 0.25) is 0 Å². The second-order valence-electron chi connectivity index (χ2n) is 10.8. The summed E-state index contributed by atoms with van der Waals surface area (Å²) in [5.74, 6) is 0. The van der Waals surface area contributed by atoms with E-state index in [2.05, 4.69) is 146 Å². The second-order valence-corrected chi connectivity index (χ2v) is 13.0. The highest BCUT2D eigenvalue weighted by atomic mass is 32.1. The molecule has 2 heterocycles. The maximum absolute atomic E-state index is 2.44. The van der Waals surface area contributed by atoms with Crippen molar-refractivity contribution in [2.24, 2.45) is 0 Å². The predicted molar refractivity (Wildman–Crippen MR) is 186 cm³/mol. The lowest BCUT2D eigenvalue weighted by Gasteiger charge is -2.18. The van der Waals surface area contributed by atoms with Gasteiger partial charge >= 0.3 is 0 Å². The van der Waals surface area contributed by atoms with Gasteiger partial charge in [0.15, 0.2) is 0 Å². The summed E-state index contributed by atoms with van der Waals surface area (Å²) in [4.78, 5) is 1.34. The van der Waals surface area contributed by atoms with Crippen LogP contribution in [0.5, 0.6) is 0 Å². The third-order valence-electron chi connectivity index (χ3n) is 8.47. The molecule has 0 spiro atoms. The first kappa shape index (κ1) is 23.9. The van der Waals surface area contributed by atoms with Crippen LogP contribution in [0, 0.1) is 0 Å². The Hall–Kier alpha value is -4.76. The fourth-order valence-corrected chi connectivity index (χ4v) is 9.12. The highest BCUT2D eigenvalue weighted by molar-refractivity contribution is 7.26. The average Bonchev–Trinajstić information content (AvgIpc) is 3.60. The van der Waals surface area contributed by atoms with E-state index in [1.807, 2.05) is 22.7 Å². The first-order chi connectivity index (χ1) is 20.8. The Morgan fingerprint density at radius 3 is 1.36 bits per heavy atom. The van der Waals surface area contributed by atoms with Gasteiger partial charge in [0, 0.05) is 46.3 Å². The quantitative estimate of drug-likeness (QED) is 0.186. The number of fused-ring (bicyclic) bond motifs is 6. The Bertz CT molecular complexity index is 2390. The molecule has 0 bridgehead atoms. The summed E-state index contributed by atoms with van der Waals surface area (Å²) in [7, 11) is 0. The second kappa shape index (κ2) is 9.39. The molecule has 0 aliphatic carbocycles. The average molecular weight is 569 g/mol. The van der Waals surface area contributed by atoms with Crippen LogP contribution in [0.3, 0.4) is 0 Å². The monoisotopic (exact) mass is 568 g/mol. The Labute approximate surface area is 251 Å². The van der Waals surface area contributed by atoms with Crippen molar-refractivity contribution < 1.29 is 0 Å². The third-order valence-corrected chi connectivity index (χ3v) is 10.8. The smallest absolute Gasteiger partial charge is 0.0446 e. The summed E-state index contributed by atoms with van der Waals surface area (Å²) in [5.41, 5.74) is 6.48. The zero-order valence-electron chi connectivity index (χ0n) is 22.7. The van der Waals surface area contributed by atoms with Gasteiger partial charge in [-0.05, 0) is 56.4 Å². The molecule has 0 unspecified atom stereocenters. The van der Waals surface area contributed by atoms with E-state index in [1.54, 1.807) is 0 Å². The molecule has 0 amide bonds. The fourth-order valence-electron chi connectivity index (χ4n) is 6.67. The van der Waals surface area contributed by atoms with Crippen LogP contribution in [0.1, 0.15) is 0 Å². The molecule has 2 aromatic heterocycles. The van der Waals surface area contributed by atoms with E-state index >= 15 is 0 Å². The van der Waals surface area contributed by atoms with Crippen molar-refractivity contribution in [2.75, 3.05) is 0 Å². The SMILES string of the molecule is c1ccc(-c2c(-c3c4ccccc4c(-c4ccccc4)c4ccccc34)sc3cc4c(cc23)sc2ccccc24)cc1. The van der Waals surface area contributed by atoms with E-state index in [1.165, 1.54) is 84.5 Å². The summed E-state index contributed by atoms with van der Waals surface area (Å²) in [6.45, 7) is 0. The molecule has 196 valence electrons. The summed E-state index contributed by atoms with van der Waals surface area (Å²) in [6.07, 6.45) is 0. The van der Waals surface area contributed by atoms with Gasteiger partial charge in [-0.2, -0.15) is 0 Å². The van der Waals surface area contributed by atoms with E-state index in [0.717, 1.165) is 0 Å². The van der Waals surface area contributed by atoms with Crippen LogP contribution in [0.25, 0.3) is 84.5 Å². The minimum atomic E-state index is 1.25. The molecule has 0 fully saturated rings. The van der Waals surface area contributed by atoms with Gasteiger partial charge in [-0.15, -0.1) is 22.7 Å². The molecule has 2 heteroatoms. The fraction of sp³-hybridized carbons (Fsp3) is 0. The van der Waals surface area contributed by atoms with Crippen molar-refractivity contribution in [1.82, 2.24) is 0 Å². The van der Waals surface area contributed by atoms with Gasteiger partial charge in [0.1, 0.15) is 0 Å². The van der Waals surface area contributed by atoms with E-state index < -0.39 is 0 Å². The zero-order chi connectivity index (χ0) is 27.6.